The summed E-state index contributed by atoms with van der Waals surface area (Å²) in [4.78, 5) is 22.5. The molecule has 0 saturated heterocycles. The summed E-state index contributed by atoms with van der Waals surface area (Å²) in [5.41, 5.74) is 5.38. The van der Waals surface area contributed by atoms with Crippen molar-refractivity contribution in [3.63, 3.8) is 0 Å². The summed E-state index contributed by atoms with van der Waals surface area (Å²) < 4.78 is 33.5. The number of hydrogen-bond donors (Lipinski definition) is 2. The normalized spacial score (nSPS) is 13.9. The van der Waals surface area contributed by atoms with E-state index in [0.29, 0.717) is 6.61 Å². The van der Waals surface area contributed by atoms with Gasteiger partial charge in [-0.1, -0.05) is 209 Å². The first kappa shape index (κ1) is 57.2. The van der Waals surface area contributed by atoms with Crippen LogP contribution in [-0.2, 0) is 27.9 Å². The molecule has 344 valence electrons. The first-order valence-corrected chi connectivity index (χ1v) is 25.8. The average Bonchev–Trinajstić information content (AvgIpc) is 3.23. The highest BCUT2D eigenvalue weighted by Gasteiger charge is 2.25. The van der Waals surface area contributed by atoms with Crippen molar-refractivity contribution >= 4 is 13.8 Å². The van der Waals surface area contributed by atoms with E-state index in [1.54, 1.807) is 0 Å². The highest BCUT2D eigenvalue weighted by atomic mass is 31.2. The molecule has 0 spiro atoms. The largest absolute Gasteiger partial charge is 0.472 e. The Morgan fingerprint density at radius 3 is 1.41 bits per heavy atom. The Hall–Kier alpha value is -1.80. The molecule has 2 atom stereocenters. The minimum atomic E-state index is -4.29. The average molecular weight is 850 g/mol. The summed E-state index contributed by atoms with van der Waals surface area (Å²) in [6, 6.07) is 0. The van der Waals surface area contributed by atoms with Gasteiger partial charge in [-0.05, 0) is 57.8 Å². The molecule has 0 bridgehead atoms. The molecule has 0 aromatic carbocycles. The Morgan fingerprint density at radius 1 is 0.525 bits per heavy atom. The van der Waals surface area contributed by atoms with Crippen molar-refractivity contribution in [2.45, 2.75) is 219 Å². The minimum absolute atomic E-state index is 0.0933. The van der Waals surface area contributed by atoms with Gasteiger partial charge in [-0.3, -0.25) is 13.8 Å². The van der Waals surface area contributed by atoms with E-state index in [1.807, 2.05) is 0 Å². The maximum atomic E-state index is 12.6. The summed E-state index contributed by atoms with van der Waals surface area (Å²) in [5.74, 6) is -0.359. The van der Waals surface area contributed by atoms with Crippen LogP contribution in [0.25, 0.3) is 0 Å². The quantitative estimate of drug-likeness (QED) is 0.0269. The van der Waals surface area contributed by atoms with E-state index in [-0.39, 0.29) is 38.8 Å². The maximum Gasteiger partial charge on any atom is 0.472 e. The number of phosphoric acid groups is 1. The van der Waals surface area contributed by atoms with E-state index in [2.05, 4.69) is 74.6 Å². The topological polar surface area (TPSA) is 117 Å². The Kier molecular flexibility index (Phi) is 45.8. The van der Waals surface area contributed by atoms with E-state index in [1.165, 1.54) is 122 Å². The summed E-state index contributed by atoms with van der Waals surface area (Å²) in [7, 11) is -4.29. The third-order valence-electron chi connectivity index (χ3n) is 10.2. The summed E-state index contributed by atoms with van der Waals surface area (Å²) in [5, 5.41) is 0. The van der Waals surface area contributed by atoms with Crippen LogP contribution in [0.15, 0.2) is 60.8 Å². The van der Waals surface area contributed by atoms with Gasteiger partial charge < -0.3 is 20.1 Å². The van der Waals surface area contributed by atoms with E-state index in [4.69, 9.17) is 24.3 Å². The molecule has 0 rings (SSSR count). The number of carbonyl (C=O) groups is 1. The molecule has 0 amide bonds. The second-order valence-electron chi connectivity index (χ2n) is 16.0. The number of ether oxygens (including phenoxy) is 2. The minimum Gasteiger partial charge on any atom is -0.457 e. The molecular formula is C50H92NO7P. The molecular weight excluding hydrogens is 758 g/mol. The molecule has 0 aliphatic carbocycles. The summed E-state index contributed by atoms with van der Waals surface area (Å²) in [6.07, 6.45) is 58.2. The van der Waals surface area contributed by atoms with Gasteiger partial charge in [0, 0.05) is 19.6 Å². The number of allylic oxidation sites excluding steroid dienone is 10. The zero-order valence-corrected chi connectivity index (χ0v) is 39.1. The molecule has 9 heteroatoms. The van der Waals surface area contributed by atoms with Crippen molar-refractivity contribution in [3.8, 4) is 0 Å². The molecule has 0 aliphatic heterocycles. The fourth-order valence-corrected chi connectivity index (χ4v) is 7.44. The van der Waals surface area contributed by atoms with Crippen molar-refractivity contribution in [2.24, 2.45) is 5.73 Å². The van der Waals surface area contributed by atoms with Gasteiger partial charge in [-0.15, -0.1) is 0 Å². The lowest BCUT2D eigenvalue weighted by molar-refractivity contribution is -0.154. The molecule has 0 fully saturated rings. The lowest BCUT2D eigenvalue weighted by atomic mass is 10.0. The van der Waals surface area contributed by atoms with Crippen molar-refractivity contribution in [3.05, 3.63) is 60.8 Å². The highest BCUT2D eigenvalue weighted by Crippen LogP contribution is 2.43. The summed E-state index contributed by atoms with van der Waals surface area (Å²) in [6.45, 7) is 4.79. The summed E-state index contributed by atoms with van der Waals surface area (Å²) >= 11 is 0. The van der Waals surface area contributed by atoms with Gasteiger partial charge in [-0.2, -0.15) is 0 Å². The monoisotopic (exact) mass is 850 g/mol. The molecule has 8 nitrogen and oxygen atoms in total. The van der Waals surface area contributed by atoms with Crippen LogP contribution < -0.4 is 5.73 Å². The number of carbonyl (C=O) groups excluding carboxylic acids is 1. The van der Waals surface area contributed by atoms with E-state index >= 15 is 0 Å². The standard InChI is InChI=1S/C50H92NO7P/c1-3-5-7-9-11-13-15-17-19-21-23-24-26-28-30-32-34-36-38-40-42-45-55-47-49(48-57-59(53,54)56-46-44-51)58-50(52)43-41-39-37-35-33-31-29-27-25-22-20-18-16-14-12-10-8-6-4-2/h6,8,12,14,18,20,25,27,31,33,49H,3-5,7,9-11,13,15-17,19,21-24,26,28-30,32,34-48,51H2,1-2H3,(H,53,54)/b8-6-,14-12-,20-18-,27-25-,33-31-. The predicted molar refractivity (Wildman–Crippen MR) is 252 cm³/mol. The Balaban J connectivity index is 4.01. The molecule has 59 heavy (non-hydrogen) atoms. The molecule has 0 aromatic heterocycles. The number of nitrogens with two attached hydrogens (primary N) is 1. The highest BCUT2D eigenvalue weighted by molar-refractivity contribution is 7.47. The Labute approximate surface area is 363 Å². The fourth-order valence-electron chi connectivity index (χ4n) is 6.67. The van der Waals surface area contributed by atoms with E-state index in [9.17, 15) is 14.3 Å². The molecule has 0 saturated carbocycles. The van der Waals surface area contributed by atoms with Gasteiger partial charge in [0.2, 0.25) is 0 Å². The zero-order chi connectivity index (χ0) is 43.0. The number of esters is 1. The Bertz CT molecular complexity index is 1090. The van der Waals surface area contributed by atoms with Gasteiger partial charge in [-0.25, -0.2) is 4.57 Å². The molecule has 3 N–H and O–H groups in total. The maximum absolute atomic E-state index is 12.6. The molecule has 0 aliphatic rings. The number of hydrogen-bond acceptors (Lipinski definition) is 7. The van der Waals surface area contributed by atoms with Crippen molar-refractivity contribution in [1.29, 1.82) is 0 Å². The lowest BCUT2D eigenvalue weighted by Gasteiger charge is -2.20. The number of phosphoric ester groups is 1. The fraction of sp³-hybridized carbons (Fsp3) is 0.780. The van der Waals surface area contributed by atoms with Crippen LogP contribution in [0.3, 0.4) is 0 Å². The zero-order valence-electron chi connectivity index (χ0n) is 38.2. The van der Waals surface area contributed by atoms with E-state index < -0.39 is 13.9 Å². The molecule has 0 radical (unpaired) electrons. The van der Waals surface area contributed by atoms with Crippen molar-refractivity contribution in [2.75, 3.05) is 33.0 Å². The van der Waals surface area contributed by atoms with Gasteiger partial charge in [0.05, 0.1) is 19.8 Å². The smallest absolute Gasteiger partial charge is 0.457 e. The first-order valence-electron chi connectivity index (χ1n) is 24.3. The Morgan fingerprint density at radius 2 is 0.949 bits per heavy atom. The van der Waals surface area contributed by atoms with Crippen LogP contribution in [0.5, 0.6) is 0 Å². The SMILES string of the molecule is CC/C=C\C/C=C\C/C=C\C/C=C\C/C=C\CCCCCC(=O)OC(COCCCCCCCCCCCCCCCCCCCCCCC)COP(=O)(O)OCCN. The lowest BCUT2D eigenvalue weighted by Crippen LogP contribution is -2.28. The van der Waals surface area contributed by atoms with Crippen molar-refractivity contribution in [1.82, 2.24) is 0 Å². The van der Waals surface area contributed by atoms with Gasteiger partial charge in [0.25, 0.3) is 0 Å². The predicted octanol–water partition coefficient (Wildman–Crippen LogP) is 14.9. The second-order valence-corrected chi connectivity index (χ2v) is 17.4. The van der Waals surface area contributed by atoms with Gasteiger partial charge in [0.1, 0.15) is 6.10 Å². The van der Waals surface area contributed by atoms with Crippen LogP contribution in [-0.4, -0.2) is 49.9 Å². The number of rotatable bonds is 46. The number of unbranched alkanes of at least 4 members (excludes halogenated alkanes) is 23. The van der Waals surface area contributed by atoms with Crippen LogP contribution in [0.4, 0.5) is 0 Å². The van der Waals surface area contributed by atoms with Gasteiger partial charge >= 0.3 is 13.8 Å². The molecule has 2 unspecified atom stereocenters. The first-order chi connectivity index (χ1) is 28.9. The second kappa shape index (κ2) is 47.3. The third-order valence-corrected chi connectivity index (χ3v) is 11.2. The van der Waals surface area contributed by atoms with E-state index in [0.717, 1.165) is 70.6 Å². The van der Waals surface area contributed by atoms with Crippen LogP contribution in [0, 0.1) is 0 Å². The van der Waals surface area contributed by atoms with Crippen LogP contribution in [0.2, 0.25) is 0 Å². The third kappa shape index (κ3) is 47.1. The van der Waals surface area contributed by atoms with Crippen molar-refractivity contribution < 1.29 is 32.8 Å². The molecule has 0 aromatic rings. The van der Waals surface area contributed by atoms with Gasteiger partial charge in [0.15, 0.2) is 0 Å². The molecule has 0 heterocycles. The van der Waals surface area contributed by atoms with Crippen LogP contribution in [0.1, 0.15) is 213 Å². The van der Waals surface area contributed by atoms with Crippen LogP contribution >= 0.6 is 7.82 Å².